The summed E-state index contributed by atoms with van der Waals surface area (Å²) >= 11 is 0. The van der Waals surface area contributed by atoms with Gasteiger partial charge in [0.15, 0.2) is 6.29 Å². The normalized spacial score (nSPS) is 10.1. The van der Waals surface area contributed by atoms with Gasteiger partial charge in [-0.15, -0.1) is 0 Å². The number of rotatable bonds is 5. The molecule has 2 aromatic carbocycles. The molecule has 0 aliphatic heterocycles. The Morgan fingerprint density at radius 1 is 1.20 bits per heavy atom. The van der Waals surface area contributed by atoms with E-state index in [4.69, 9.17) is 0 Å². The maximum Gasteiger partial charge on any atom is 0.281 e. The van der Waals surface area contributed by atoms with E-state index in [2.05, 4.69) is 0 Å². The number of nitro benzene ring substituents is 1. The van der Waals surface area contributed by atoms with Crippen molar-refractivity contribution in [3.8, 4) is 0 Å². The van der Waals surface area contributed by atoms with Gasteiger partial charge < -0.3 is 4.90 Å². The second-order valence-corrected chi connectivity index (χ2v) is 4.46. The molecule has 0 unspecified atom stereocenters. The highest BCUT2D eigenvalue weighted by atomic mass is 16.6. The lowest BCUT2D eigenvalue weighted by Gasteiger charge is -2.19. The molecular weight excluding hydrogens is 256 g/mol. The van der Waals surface area contributed by atoms with Crippen LogP contribution in [0.3, 0.4) is 0 Å². The first-order chi connectivity index (χ1) is 9.61. The molecule has 0 aromatic heterocycles. The maximum absolute atomic E-state index is 10.9. The lowest BCUT2D eigenvalue weighted by molar-refractivity contribution is -0.385. The van der Waals surface area contributed by atoms with Gasteiger partial charge in [-0.1, -0.05) is 30.3 Å². The summed E-state index contributed by atoms with van der Waals surface area (Å²) in [6.45, 7) is 0.637. The summed E-state index contributed by atoms with van der Waals surface area (Å²) in [5.41, 5.74) is 1.73. The Kier molecular flexibility index (Phi) is 4.10. The zero-order valence-corrected chi connectivity index (χ0v) is 11.0. The third-order valence-corrected chi connectivity index (χ3v) is 3.04. The number of hydrogen-bond donors (Lipinski definition) is 0. The monoisotopic (exact) mass is 270 g/mol. The van der Waals surface area contributed by atoms with Crippen molar-refractivity contribution >= 4 is 17.7 Å². The number of carbonyl (C=O) groups is 1. The van der Waals surface area contributed by atoms with Gasteiger partial charge in [-0.2, -0.15) is 0 Å². The van der Waals surface area contributed by atoms with Crippen molar-refractivity contribution in [2.75, 3.05) is 11.9 Å². The Hall–Kier alpha value is -2.69. The first kappa shape index (κ1) is 13.7. The summed E-state index contributed by atoms with van der Waals surface area (Å²) in [4.78, 5) is 23.1. The minimum atomic E-state index is -0.538. The van der Waals surface area contributed by atoms with E-state index in [0.29, 0.717) is 18.5 Å². The molecule has 0 aliphatic carbocycles. The molecule has 20 heavy (non-hydrogen) atoms. The van der Waals surface area contributed by atoms with Crippen LogP contribution >= 0.6 is 0 Å². The second-order valence-electron chi connectivity index (χ2n) is 4.46. The zero-order valence-electron chi connectivity index (χ0n) is 11.0. The molecule has 0 N–H and O–H groups in total. The lowest BCUT2D eigenvalue weighted by Crippen LogP contribution is -2.16. The van der Waals surface area contributed by atoms with Gasteiger partial charge in [0.05, 0.1) is 10.5 Å². The van der Waals surface area contributed by atoms with Crippen molar-refractivity contribution in [3.63, 3.8) is 0 Å². The summed E-state index contributed by atoms with van der Waals surface area (Å²) in [6.07, 6.45) is 0.499. The first-order valence-corrected chi connectivity index (χ1v) is 6.10. The Morgan fingerprint density at radius 3 is 2.50 bits per heavy atom. The van der Waals surface area contributed by atoms with Crippen LogP contribution in [0.2, 0.25) is 0 Å². The standard InChI is InChI=1S/C15H14N2O3/c1-16(10-12-5-3-2-4-6-12)14-8-7-13(11-18)15(9-14)17(19)20/h2-9,11H,10H2,1H3. The lowest BCUT2D eigenvalue weighted by atomic mass is 10.1. The summed E-state index contributed by atoms with van der Waals surface area (Å²) in [7, 11) is 1.85. The van der Waals surface area contributed by atoms with Crippen LogP contribution in [0.25, 0.3) is 0 Å². The number of hydrogen-bond acceptors (Lipinski definition) is 4. The number of nitro groups is 1. The van der Waals surface area contributed by atoms with Crippen molar-refractivity contribution in [1.29, 1.82) is 0 Å². The van der Waals surface area contributed by atoms with Gasteiger partial charge in [0.1, 0.15) is 0 Å². The van der Waals surface area contributed by atoms with Gasteiger partial charge in [-0.05, 0) is 17.7 Å². The van der Waals surface area contributed by atoms with Crippen LogP contribution in [0, 0.1) is 10.1 Å². The third-order valence-electron chi connectivity index (χ3n) is 3.04. The van der Waals surface area contributed by atoms with E-state index < -0.39 is 4.92 Å². The molecule has 2 aromatic rings. The van der Waals surface area contributed by atoms with Crippen LogP contribution in [0.5, 0.6) is 0 Å². The highest BCUT2D eigenvalue weighted by Gasteiger charge is 2.15. The molecule has 0 fully saturated rings. The predicted octanol–water partition coefficient (Wildman–Crippen LogP) is 3.04. The summed E-state index contributed by atoms with van der Waals surface area (Å²) in [5.74, 6) is 0. The fraction of sp³-hybridized carbons (Fsp3) is 0.133. The second kappa shape index (κ2) is 5.97. The van der Waals surface area contributed by atoms with Gasteiger partial charge >= 0.3 is 0 Å². The van der Waals surface area contributed by atoms with E-state index >= 15 is 0 Å². The van der Waals surface area contributed by atoms with Gasteiger partial charge in [0, 0.05) is 25.3 Å². The van der Waals surface area contributed by atoms with Crippen LogP contribution in [0.4, 0.5) is 11.4 Å². The molecule has 0 saturated carbocycles. The van der Waals surface area contributed by atoms with Crippen molar-refractivity contribution in [2.45, 2.75) is 6.54 Å². The molecule has 0 radical (unpaired) electrons. The summed E-state index contributed by atoms with van der Waals surface area (Å²) in [6, 6.07) is 14.4. The predicted molar refractivity (Wildman–Crippen MR) is 77.0 cm³/mol. The smallest absolute Gasteiger partial charge is 0.281 e. The number of anilines is 1. The quantitative estimate of drug-likeness (QED) is 0.476. The van der Waals surface area contributed by atoms with Gasteiger partial charge in [0.2, 0.25) is 0 Å². The van der Waals surface area contributed by atoms with Crippen LogP contribution in [0.15, 0.2) is 48.5 Å². The molecule has 0 saturated heterocycles. The highest BCUT2D eigenvalue weighted by Crippen LogP contribution is 2.24. The first-order valence-electron chi connectivity index (χ1n) is 6.10. The Labute approximate surface area is 116 Å². The van der Waals surface area contributed by atoms with E-state index in [0.717, 1.165) is 5.56 Å². The summed E-state index contributed by atoms with van der Waals surface area (Å²) in [5, 5.41) is 10.9. The molecular formula is C15H14N2O3. The van der Waals surface area contributed by atoms with Crippen molar-refractivity contribution in [1.82, 2.24) is 0 Å². The van der Waals surface area contributed by atoms with E-state index in [1.165, 1.54) is 12.1 Å². The van der Waals surface area contributed by atoms with Crippen LogP contribution in [-0.4, -0.2) is 18.3 Å². The molecule has 0 amide bonds. The fourth-order valence-electron chi connectivity index (χ4n) is 1.98. The van der Waals surface area contributed by atoms with Crippen molar-refractivity contribution in [3.05, 3.63) is 69.8 Å². The van der Waals surface area contributed by atoms with E-state index in [1.54, 1.807) is 6.07 Å². The van der Waals surface area contributed by atoms with Crippen LogP contribution < -0.4 is 4.90 Å². The average molecular weight is 270 g/mol. The third kappa shape index (κ3) is 3.00. The van der Waals surface area contributed by atoms with E-state index in [-0.39, 0.29) is 11.3 Å². The van der Waals surface area contributed by atoms with E-state index in [1.807, 2.05) is 42.3 Å². The molecule has 102 valence electrons. The molecule has 0 aliphatic rings. The molecule has 5 nitrogen and oxygen atoms in total. The average Bonchev–Trinajstić information content (AvgIpc) is 2.47. The van der Waals surface area contributed by atoms with Gasteiger partial charge in [-0.25, -0.2) is 0 Å². The molecule has 0 heterocycles. The summed E-state index contributed by atoms with van der Waals surface area (Å²) < 4.78 is 0. The van der Waals surface area contributed by atoms with E-state index in [9.17, 15) is 14.9 Å². The number of nitrogens with zero attached hydrogens (tertiary/aromatic N) is 2. The SMILES string of the molecule is CN(Cc1ccccc1)c1ccc(C=O)c([N+](=O)[O-])c1. The van der Waals surface area contributed by atoms with Crippen molar-refractivity contribution in [2.24, 2.45) is 0 Å². The molecule has 0 spiro atoms. The van der Waals surface area contributed by atoms with Crippen LogP contribution in [-0.2, 0) is 6.54 Å². The van der Waals surface area contributed by atoms with Crippen LogP contribution in [0.1, 0.15) is 15.9 Å². The highest BCUT2D eigenvalue weighted by molar-refractivity contribution is 5.82. The molecule has 5 heteroatoms. The van der Waals surface area contributed by atoms with Crippen molar-refractivity contribution < 1.29 is 9.72 Å². The maximum atomic E-state index is 10.9. The number of benzene rings is 2. The fourth-order valence-corrected chi connectivity index (χ4v) is 1.98. The molecule has 0 bridgehead atoms. The Morgan fingerprint density at radius 2 is 1.90 bits per heavy atom. The Balaban J connectivity index is 2.26. The number of aldehydes is 1. The number of carbonyl (C=O) groups excluding carboxylic acids is 1. The van der Waals surface area contributed by atoms with Gasteiger partial charge in [-0.3, -0.25) is 14.9 Å². The minimum absolute atomic E-state index is 0.0897. The van der Waals surface area contributed by atoms with Gasteiger partial charge in [0.25, 0.3) is 5.69 Å². The minimum Gasteiger partial charge on any atom is -0.370 e. The molecule has 2 rings (SSSR count). The topological polar surface area (TPSA) is 63.5 Å². The zero-order chi connectivity index (χ0) is 14.5. The largest absolute Gasteiger partial charge is 0.370 e. The Bertz CT molecular complexity index is 626. The molecule has 0 atom stereocenters.